The van der Waals surface area contributed by atoms with Crippen LogP contribution in [0.25, 0.3) is 11.3 Å². The highest BCUT2D eigenvalue weighted by molar-refractivity contribution is 6.29. The van der Waals surface area contributed by atoms with Gasteiger partial charge in [0.05, 0.1) is 12.8 Å². The van der Waals surface area contributed by atoms with E-state index in [2.05, 4.69) is 9.97 Å². The largest absolute Gasteiger partial charge is 0.497 e. The maximum atomic E-state index is 5.97. The molecule has 0 aliphatic rings. The van der Waals surface area contributed by atoms with Gasteiger partial charge >= 0.3 is 0 Å². The summed E-state index contributed by atoms with van der Waals surface area (Å²) in [6.07, 6.45) is 0. The summed E-state index contributed by atoms with van der Waals surface area (Å²) >= 11 is 5.97. The second kappa shape index (κ2) is 5.80. The lowest BCUT2D eigenvalue weighted by molar-refractivity contribution is 0.178. The number of halogens is 1. The standard InChI is InChI=1S/C13H13ClN2O2/c1-17-8-13-15-11(7-12(14)16-13)9-4-3-5-10(6-9)18-2/h3-7H,8H2,1-2H3. The topological polar surface area (TPSA) is 44.2 Å². The fourth-order valence-electron chi connectivity index (χ4n) is 1.59. The fourth-order valence-corrected chi connectivity index (χ4v) is 1.79. The predicted octanol–water partition coefficient (Wildman–Crippen LogP) is 2.95. The van der Waals surface area contributed by atoms with Crippen LogP contribution in [0.2, 0.25) is 5.15 Å². The van der Waals surface area contributed by atoms with Crippen molar-refractivity contribution in [3.8, 4) is 17.0 Å². The molecule has 0 fully saturated rings. The van der Waals surface area contributed by atoms with E-state index < -0.39 is 0 Å². The lowest BCUT2D eigenvalue weighted by atomic mass is 10.1. The minimum absolute atomic E-state index is 0.331. The molecule has 0 radical (unpaired) electrons. The molecule has 0 atom stereocenters. The van der Waals surface area contributed by atoms with Crippen molar-refractivity contribution >= 4 is 11.6 Å². The maximum absolute atomic E-state index is 5.97. The van der Waals surface area contributed by atoms with E-state index >= 15 is 0 Å². The Morgan fingerprint density at radius 3 is 2.72 bits per heavy atom. The molecular weight excluding hydrogens is 252 g/mol. The monoisotopic (exact) mass is 264 g/mol. The minimum atomic E-state index is 0.331. The molecule has 0 bridgehead atoms. The third-order valence-corrected chi connectivity index (χ3v) is 2.57. The normalized spacial score (nSPS) is 10.4. The van der Waals surface area contributed by atoms with E-state index in [4.69, 9.17) is 21.1 Å². The van der Waals surface area contributed by atoms with Crippen molar-refractivity contribution in [2.24, 2.45) is 0 Å². The van der Waals surface area contributed by atoms with Crippen molar-refractivity contribution in [2.45, 2.75) is 6.61 Å². The molecule has 1 aromatic heterocycles. The van der Waals surface area contributed by atoms with E-state index in [0.717, 1.165) is 17.0 Å². The Bertz CT molecular complexity index is 546. The van der Waals surface area contributed by atoms with Crippen molar-refractivity contribution in [2.75, 3.05) is 14.2 Å². The van der Waals surface area contributed by atoms with Crippen molar-refractivity contribution in [1.82, 2.24) is 9.97 Å². The molecular formula is C13H13ClN2O2. The zero-order valence-corrected chi connectivity index (χ0v) is 10.9. The second-order valence-corrected chi connectivity index (χ2v) is 4.04. The molecule has 4 nitrogen and oxygen atoms in total. The van der Waals surface area contributed by atoms with Gasteiger partial charge in [0, 0.05) is 18.7 Å². The molecule has 1 aromatic carbocycles. The molecule has 0 aliphatic heterocycles. The van der Waals surface area contributed by atoms with Crippen LogP contribution in [-0.2, 0) is 11.3 Å². The Morgan fingerprint density at radius 2 is 2.00 bits per heavy atom. The molecule has 5 heteroatoms. The van der Waals surface area contributed by atoms with E-state index in [1.807, 2.05) is 24.3 Å². The van der Waals surface area contributed by atoms with Crippen LogP contribution in [0.5, 0.6) is 5.75 Å². The maximum Gasteiger partial charge on any atom is 0.156 e. The van der Waals surface area contributed by atoms with Gasteiger partial charge in [0.15, 0.2) is 5.82 Å². The first-order chi connectivity index (χ1) is 8.72. The number of hydrogen-bond donors (Lipinski definition) is 0. The Hall–Kier alpha value is -1.65. The zero-order chi connectivity index (χ0) is 13.0. The molecule has 1 heterocycles. The summed E-state index contributed by atoms with van der Waals surface area (Å²) in [4.78, 5) is 8.48. The number of aromatic nitrogens is 2. The SMILES string of the molecule is COCc1nc(Cl)cc(-c2cccc(OC)c2)n1. The van der Waals surface area contributed by atoms with E-state index in [1.54, 1.807) is 20.3 Å². The van der Waals surface area contributed by atoms with Crippen LogP contribution in [-0.4, -0.2) is 24.2 Å². The molecule has 0 saturated heterocycles. The van der Waals surface area contributed by atoms with Crippen LogP contribution in [0.15, 0.2) is 30.3 Å². The van der Waals surface area contributed by atoms with Crippen LogP contribution in [0.4, 0.5) is 0 Å². The van der Waals surface area contributed by atoms with Crippen molar-refractivity contribution in [3.05, 3.63) is 41.3 Å². The predicted molar refractivity (Wildman–Crippen MR) is 69.7 cm³/mol. The summed E-state index contributed by atoms with van der Waals surface area (Å²) in [5, 5.41) is 0.398. The third kappa shape index (κ3) is 2.97. The van der Waals surface area contributed by atoms with Gasteiger partial charge in [-0.25, -0.2) is 9.97 Å². The van der Waals surface area contributed by atoms with E-state index in [9.17, 15) is 0 Å². The van der Waals surface area contributed by atoms with Gasteiger partial charge in [-0.15, -0.1) is 0 Å². The molecule has 2 rings (SSSR count). The average Bonchev–Trinajstić information content (AvgIpc) is 2.38. The minimum Gasteiger partial charge on any atom is -0.497 e. The fraction of sp³-hybridized carbons (Fsp3) is 0.231. The second-order valence-electron chi connectivity index (χ2n) is 3.66. The summed E-state index contributed by atoms with van der Waals surface area (Å²) in [6, 6.07) is 9.34. The Labute approximate surface area is 111 Å². The van der Waals surface area contributed by atoms with Crippen LogP contribution in [0, 0.1) is 0 Å². The van der Waals surface area contributed by atoms with Crippen LogP contribution < -0.4 is 4.74 Å². The molecule has 2 aromatic rings. The molecule has 0 unspecified atom stereocenters. The third-order valence-electron chi connectivity index (χ3n) is 2.38. The zero-order valence-electron chi connectivity index (χ0n) is 10.2. The van der Waals surface area contributed by atoms with Gasteiger partial charge in [-0.1, -0.05) is 23.7 Å². The first kappa shape index (κ1) is 12.8. The molecule has 0 aliphatic carbocycles. The van der Waals surface area contributed by atoms with E-state index in [1.165, 1.54) is 0 Å². The Morgan fingerprint density at radius 1 is 1.17 bits per heavy atom. The summed E-state index contributed by atoms with van der Waals surface area (Å²) in [5.41, 5.74) is 1.68. The molecule has 0 N–H and O–H groups in total. The smallest absolute Gasteiger partial charge is 0.156 e. The van der Waals surface area contributed by atoms with Gasteiger partial charge < -0.3 is 9.47 Å². The summed E-state index contributed by atoms with van der Waals surface area (Å²) in [5.74, 6) is 1.33. The highest BCUT2D eigenvalue weighted by atomic mass is 35.5. The number of hydrogen-bond acceptors (Lipinski definition) is 4. The van der Waals surface area contributed by atoms with Gasteiger partial charge in [0.1, 0.15) is 17.5 Å². The highest BCUT2D eigenvalue weighted by Gasteiger charge is 2.06. The van der Waals surface area contributed by atoms with Crippen molar-refractivity contribution in [3.63, 3.8) is 0 Å². The van der Waals surface area contributed by atoms with Crippen molar-refractivity contribution < 1.29 is 9.47 Å². The number of nitrogens with zero attached hydrogens (tertiary/aromatic N) is 2. The van der Waals surface area contributed by atoms with Gasteiger partial charge in [-0.2, -0.15) is 0 Å². The Balaban J connectivity index is 2.42. The number of ether oxygens (including phenoxy) is 2. The van der Waals surface area contributed by atoms with Crippen LogP contribution in [0.1, 0.15) is 5.82 Å². The number of benzene rings is 1. The number of methoxy groups -OCH3 is 2. The molecule has 0 spiro atoms. The van der Waals surface area contributed by atoms with Crippen LogP contribution >= 0.6 is 11.6 Å². The van der Waals surface area contributed by atoms with E-state index in [-0.39, 0.29) is 0 Å². The molecule has 0 amide bonds. The average molecular weight is 265 g/mol. The van der Waals surface area contributed by atoms with E-state index in [0.29, 0.717) is 17.6 Å². The van der Waals surface area contributed by atoms with Gasteiger partial charge in [-0.3, -0.25) is 0 Å². The summed E-state index contributed by atoms with van der Waals surface area (Å²) in [6.45, 7) is 0.331. The summed E-state index contributed by atoms with van der Waals surface area (Å²) in [7, 11) is 3.22. The summed E-state index contributed by atoms with van der Waals surface area (Å²) < 4.78 is 10.2. The van der Waals surface area contributed by atoms with Gasteiger partial charge in [-0.05, 0) is 12.1 Å². The van der Waals surface area contributed by atoms with Crippen molar-refractivity contribution in [1.29, 1.82) is 0 Å². The molecule has 0 saturated carbocycles. The first-order valence-corrected chi connectivity index (χ1v) is 5.77. The molecule has 94 valence electrons. The van der Waals surface area contributed by atoms with Gasteiger partial charge in [0.2, 0.25) is 0 Å². The highest BCUT2D eigenvalue weighted by Crippen LogP contribution is 2.24. The van der Waals surface area contributed by atoms with Gasteiger partial charge in [0.25, 0.3) is 0 Å². The quantitative estimate of drug-likeness (QED) is 0.797. The van der Waals surface area contributed by atoms with Crippen LogP contribution in [0.3, 0.4) is 0 Å². The first-order valence-electron chi connectivity index (χ1n) is 5.39. The molecule has 18 heavy (non-hydrogen) atoms. The lowest BCUT2D eigenvalue weighted by Crippen LogP contribution is -1.99. The number of rotatable bonds is 4. The lowest BCUT2D eigenvalue weighted by Gasteiger charge is -2.06. The Kier molecular flexibility index (Phi) is 4.12.